The summed E-state index contributed by atoms with van der Waals surface area (Å²) in [5, 5.41) is 8.41. The van der Waals surface area contributed by atoms with Crippen LogP contribution in [0.15, 0.2) is 18.2 Å². The lowest BCUT2D eigenvalue weighted by Crippen LogP contribution is -2.24. The molecule has 0 atom stereocenters. The molecule has 3 N–H and O–H groups in total. The van der Waals surface area contributed by atoms with Crippen LogP contribution in [0.4, 0.5) is 5.69 Å². The van der Waals surface area contributed by atoms with Crippen LogP contribution < -0.4 is 11.1 Å². The maximum atomic E-state index is 11.9. The number of nitrogens with one attached hydrogen (secondary N) is 1. The summed E-state index contributed by atoms with van der Waals surface area (Å²) >= 11 is 0. The van der Waals surface area contributed by atoms with Gasteiger partial charge in [-0.15, -0.1) is 0 Å². The summed E-state index contributed by atoms with van der Waals surface area (Å²) in [7, 11) is 0. The Kier molecular flexibility index (Phi) is 4.49. The van der Waals surface area contributed by atoms with Gasteiger partial charge in [0.05, 0.1) is 16.9 Å². The summed E-state index contributed by atoms with van der Waals surface area (Å²) in [6.45, 7) is 6.75. The molecule has 27 heavy (non-hydrogen) atoms. The minimum atomic E-state index is -0.387. The molecule has 0 saturated heterocycles. The van der Waals surface area contributed by atoms with Crippen LogP contribution in [0.2, 0.25) is 0 Å². The second-order valence-electron chi connectivity index (χ2n) is 8.98. The van der Waals surface area contributed by atoms with E-state index in [0.29, 0.717) is 11.6 Å². The number of rotatable bonds is 4. The van der Waals surface area contributed by atoms with E-state index in [4.69, 9.17) is 10.8 Å². The van der Waals surface area contributed by atoms with Gasteiger partial charge >= 0.3 is 0 Å². The number of carbonyl (C=O) groups is 1. The Morgan fingerprint density at radius 3 is 2.74 bits per heavy atom. The number of carbonyl (C=O) groups excluding carboxylic acids is 1. The van der Waals surface area contributed by atoms with E-state index in [0.717, 1.165) is 42.8 Å². The lowest BCUT2D eigenvalue weighted by atomic mass is 9.76. The summed E-state index contributed by atoms with van der Waals surface area (Å²) in [6, 6.07) is 6.28. The van der Waals surface area contributed by atoms with E-state index in [9.17, 15) is 4.79 Å². The van der Waals surface area contributed by atoms with Gasteiger partial charge in [0, 0.05) is 17.4 Å². The molecule has 0 spiro atoms. The molecule has 144 valence electrons. The minimum absolute atomic E-state index is 0.287. The van der Waals surface area contributed by atoms with Gasteiger partial charge in [0.25, 0.3) is 5.91 Å². The predicted molar refractivity (Wildman–Crippen MR) is 109 cm³/mol. The molecule has 0 bridgehead atoms. The van der Waals surface area contributed by atoms with Crippen LogP contribution in [-0.2, 0) is 12.8 Å². The van der Waals surface area contributed by atoms with E-state index < -0.39 is 0 Å². The fourth-order valence-corrected chi connectivity index (χ4v) is 4.62. The Balaban J connectivity index is 1.75. The Morgan fingerprint density at radius 2 is 2.04 bits per heavy atom. The predicted octanol–water partition coefficient (Wildman–Crippen LogP) is 4.15. The van der Waals surface area contributed by atoms with E-state index in [-0.39, 0.29) is 11.3 Å². The largest absolute Gasteiger partial charge is 0.382 e. The Bertz CT molecular complexity index is 875. The fourth-order valence-electron chi connectivity index (χ4n) is 4.62. The number of anilines is 1. The van der Waals surface area contributed by atoms with Crippen LogP contribution in [-0.4, -0.2) is 21.7 Å². The molecular formula is C22H30N4O. The highest BCUT2D eigenvalue weighted by atomic mass is 16.1. The van der Waals surface area contributed by atoms with Gasteiger partial charge < -0.3 is 11.1 Å². The molecule has 5 nitrogen and oxygen atoms in total. The van der Waals surface area contributed by atoms with E-state index >= 15 is 0 Å². The molecule has 2 aromatic rings. The van der Waals surface area contributed by atoms with Crippen molar-refractivity contribution in [3.63, 3.8) is 0 Å². The minimum Gasteiger partial charge on any atom is -0.382 e. The molecule has 0 unspecified atom stereocenters. The first-order valence-electron chi connectivity index (χ1n) is 10.1. The lowest BCUT2D eigenvalue weighted by Gasteiger charge is -2.30. The van der Waals surface area contributed by atoms with E-state index in [1.54, 1.807) is 0 Å². The van der Waals surface area contributed by atoms with Gasteiger partial charge in [-0.3, -0.25) is 4.79 Å². The van der Waals surface area contributed by atoms with Crippen LogP contribution in [0.5, 0.6) is 0 Å². The highest BCUT2D eigenvalue weighted by Gasteiger charge is 2.30. The molecule has 1 saturated carbocycles. The zero-order chi connectivity index (χ0) is 19.2. The average molecular weight is 367 g/mol. The molecule has 4 rings (SSSR count). The van der Waals surface area contributed by atoms with Gasteiger partial charge in [-0.25, -0.2) is 4.68 Å². The quantitative estimate of drug-likeness (QED) is 0.854. The van der Waals surface area contributed by atoms with Gasteiger partial charge in [0.1, 0.15) is 0 Å². The Labute approximate surface area is 161 Å². The zero-order valence-electron chi connectivity index (χ0n) is 16.6. The first-order chi connectivity index (χ1) is 12.8. The van der Waals surface area contributed by atoms with Gasteiger partial charge in [0.2, 0.25) is 0 Å². The Morgan fingerprint density at radius 1 is 1.30 bits per heavy atom. The van der Waals surface area contributed by atoms with Crippen LogP contribution in [0.3, 0.4) is 0 Å². The van der Waals surface area contributed by atoms with Crippen molar-refractivity contribution < 1.29 is 4.79 Å². The number of benzene rings is 1. The first kappa shape index (κ1) is 18.1. The SMILES string of the molecule is Cc1nn(-c2ccc(C(N)=O)c(NC3CCCC3)c2)c2c1CCC(C)(C)C2. The smallest absolute Gasteiger partial charge is 0.250 e. The third-order valence-electron chi connectivity index (χ3n) is 6.22. The number of hydrogen-bond donors (Lipinski definition) is 2. The summed E-state index contributed by atoms with van der Waals surface area (Å²) in [5.74, 6) is -0.387. The van der Waals surface area contributed by atoms with Crippen LogP contribution in [0, 0.1) is 12.3 Å². The van der Waals surface area contributed by atoms with Crippen molar-refractivity contribution in [3.05, 3.63) is 40.7 Å². The summed E-state index contributed by atoms with van der Waals surface area (Å²) < 4.78 is 2.08. The standard InChI is InChI=1S/C22H30N4O/c1-14-17-10-11-22(2,3)13-20(17)26(25-14)16-8-9-18(21(23)27)19(12-16)24-15-6-4-5-7-15/h8-9,12,15,24H,4-7,10-11,13H2,1-3H3,(H2,23,27). The molecular weight excluding hydrogens is 336 g/mol. The van der Waals surface area contributed by atoms with Gasteiger partial charge in [-0.05, 0) is 68.2 Å². The maximum absolute atomic E-state index is 11.9. The summed E-state index contributed by atoms with van der Waals surface area (Å²) in [6.07, 6.45) is 8.07. The van der Waals surface area contributed by atoms with Crippen molar-refractivity contribution in [3.8, 4) is 5.69 Å². The highest BCUT2D eigenvalue weighted by molar-refractivity contribution is 5.99. The van der Waals surface area contributed by atoms with Crippen LogP contribution >= 0.6 is 0 Å². The van der Waals surface area contributed by atoms with Gasteiger partial charge in [-0.2, -0.15) is 5.10 Å². The second-order valence-corrected chi connectivity index (χ2v) is 8.98. The number of nitrogens with two attached hydrogens (primary N) is 1. The molecule has 0 radical (unpaired) electrons. The number of hydrogen-bond acceptors (Lipinski definition) is 3. The molecule has 5 heteroatoms. The number of aromatic nitrogens is 2. The van der Waals surface area contributed by atoms with Crippen molar-refractivity contribution in [2.75, 3.05) is 5.32 Å². The van der Waals surface area contributed by atoms with Gasteiger partial charge in [0.15, 0.2) is 0 Å². The van der Waals surface area contributed by atoms with Crippen LogP contribution in [0.1, 0.15) is 73.3 Å². The topological polar surface area (TPSA) is 72.9 Å². The third-order valence-corrected chi connectivity index (χ3v) is 6.22. The molecule has 1 fully saturated rings. The van der Waals surface area contributed by atoms with E-state index in [2.05, 4.69) is 30.8 Å². The second kappa shape index (κ2) is 6.70. The first-order valence-corrected chi connectivity index (χ1v) is 10.1. The molecule has 0 aliphatic heterocycles. The van der Waals surface area contributed by atoms with Crippen LogP contribution in [0.25, 0.3) is 5.69 Å². The van der Waals surface area contributed by atoms with Crippen molar-refractivity contribution in [1.29, 1.82) is 0 Å². The highest BCUT2D eigenvalue weighted by Crippen LogP contribution is 2.37. The normalized spacial score (nSPS) is 19.1. The number of fused-ring (bicyclic) bond motifs is 1. The van der Waals surface area contributed by atoms with E-state index in [1.807, 2.05) is 18.2 Å². The molecule has 2 aliphatic rings. The van der Waals surface area contributed by atoms with Crippen molar-refractivity contribution in [1.82, 2.24) is 9.78 Å². The molecule has 1 heterocycles. The van der Waals surface area contributed by atoms with Crippen molar-refractivity contribution >= 4 is 11.6 Å². The van der Waals surface area contributed by atoms with Crippen molar-refractivity contribution in [2.24, 2.45) is 11.1 Å². The number of nitrogens with zero attached hydrogens (tertiary/aromatic N) is 2. The van der Waals surface area contributed by atoms with E-state index in [1.165, 1.54) is 30.5 Å². The third kappa shape index (κ3) is 3.47. The fraction of sp³-hybridized carbons (Fsp3) is 0.545. The zero-order valence-corrected chi connectivity index (χ0v) is 16.6. The number of aryl methyl sites for hydroxylation is 1. The molecule has 1 amide bonds. The summed E-state index contributed by atoms with van der Waals surface area (Å²) in [5.41, 5.74) is 12.1. The monoisotopic (exact) mass is 366 g/mol. The summed E-state index contributed by atoms with van der Waals surface area (Å²) in [4.78, 5) is 11.9. The Hall–Kier alpha value is -2.30. The molecule has 1 aromatic heterocycles. The molecule has 1 aromatic carbocycles. The lowest BCUT2D eigenvalue weighted by molar-refractivity contribution is 0.100. The number of primary amides is 1. The van der Waals surface area contributed by atoms with Crippen molar-refractivity contribution in [2.45, 2.75) is 71.8 Å². The maximum Gasteiger partial charge on any atom is 0.250 e. The molecule has 2 aliphatic carbocycles. The van der Waals surface area contributed by atoms with Gasteiger partial charge in [-0.1, -0.05) is 26.7 Å². The number of amides is 1. The average Bonchev–Trinajstić information content (AvgIpc) is 3.21.